The largest absolute Gasteiger partial charge is 0.481 e. The molecule has 15 heavy (non-hydrogen) atoms. The number of halogens is 1. The third-order valence-electron chi connectivity index (χ3n) is 1.92. The molecule has 0 radical (unpaired) electrons. The minimum absolute atomic E-state index is 0.241. The summed E-state index contributed by atoms with van der Waals surface area (Å²) in [5, 5.41) is 8.88. The molecule has 0 spiro atoms. The van der Waals surface area contributed by atoms with Crippen LogP contribution in [0.1, 0.15) is 19.8 Å². The monoisotopic (exact) mass is 288 g/mol. The topological polar surface area (TPSA) is 37.3 Å². The normalized spacial score (nSPS) is 12.4. The molecule has 0 heterocycles. The third kappa shape index (κ3) is 5.23. The van der Waals surface area contributed by atoms with E-state index in [-0.39, 0.29) is 6.42 Å². The van der Waals surface area contributed by atoms with Crippen molar-refractivity contribution in [3.63, 3.8) is 0 Å². The van der Waals surface area contributed by atoms with Gasteiger partial charge in [-0.05, 0) is 30.7 Å². The number of hydrogen-bond acceptors (Lipinski definition) is 2. The maximum Gasteiger partial charge on any atom is 0.303 e. The number of carboxylic acids is 1. The van der Waals surface area contributed by atoms with Crippen LogP contribution < -0.4 is 0 Å². The lowest BCUT2D eigenvalue weighted by Crippen LogP contribution is -2.01. The van der Waals surface area contributed by atoms with Crippen molar-refractivity contribution >= 4 is 33.7 Å². The van der Waals surface area contributed by atoms with E-state index in [1.165, 1.54) is 4.90 Å². The van der Waals surface area contributed by atoms with Crippen LogP contribution in [0.3, 0.4) is 0 Å². The number of benzene rings is 1. The first-order chi connectivity index (χ1) is 7.08. The maximum absolute atomic E-state index is 10.4. The minimum atomic E-state index is -0.724. The summed E-state index contributed by atoms with van der Waals surface area (Å²) in [6.07, 6.45) is 0.945. The lowest BCUT2D eigenvalue weighted by Gasteiger charge is -2.09. The molecule has 1 aromatic rings. The summed E-state index contributed by atoms with van der Waals surface area (Å²) in [6, 6.07) is 8.05. The minimum Gasteiger partial charge on any atom is -0.481 e. The molecule has 1 unspecified atom stereocenters. The van der Waals surface area contributed by atoms with Gasteiger partial charge >= 0.3 is 5.97 Å². The zero-order valence-corrected chi connectivity index (χ0v) is 10.8. The van der Waals surface area contributed by atoms with Gasteiger partial charge in [0.05, 0.1) is 0 Å². The number of thioether (sulfide) groups is 1. The van der Waals surface area contributed by atoms with Crippen LogP contribution in [0.2, 0.25) is 0 Å². The molecule has 0 aliphatic rings. The number of hydrogen-bond donors (Lipinski definition) is 1. The highest BCUT2D eigenvalue weighted by molar-refractivity contribution is 9.10. The Bertz CT molecular complexity index is 324. The first-order valence-electron chi connectivity index (χ1n) is 4.72. The zero-order chi connectivity index (χ0) is 11.3. The van der Waals surface area contributed by atoms with Crippen molar-refractivity contribution in [2.75, 3.05) is 0 Å². The Kier molecular flexibility index (Phi) is 5.19. The summed E-state index contributed by atoms with van der Waals surface area (Å²) in [5.74, 6) is -0.724. The predicted octanol–water partition coefficient (Wildman–Crippen LogP) is 3.79. The van der Waals surface area contributed by atoms with Gasteiger partial charge in [-0.3, -0.25) is 4.79 Å². The number of carboxylic acid groups (broad SMARTS) is 1. The van der Waals surface area contributed by atoms with Gasteiger partial charge in [-0.2, -0.15) is 0 Å². The lowest BCUT2D eigenvalue weighted by molar-refractivity contribution is -0.137. The second-order valence-electron chi connectivity index (χ2n) is 3.31. The fraction of sp³-hybridized carbons (Fsp3) is 0.364. The summed E-state index contributed by atoms with van der Waals surface area (Å²) in [4.78, 5) is 11.6. The molecule has 0 amide bonds. The Labute approximate surface area is 102 Å². The molecule has 1 N–H and O–H groups in total. The summed E-state index contributed by atoms with van der Waals surface area (Å²) in [7, 11) is 0. The average molecular weight is 289 g/mol. The van der Waals surface area contributed by atoms with Gasteiger partial charge in [-0.15, -0.1) is 11.8 Å². The van der Waals surface area contributed by atoms with E-state index < -0.39 is 5.97 Å². The van der Waals surface area contributed by atoms with Crippen LogP contribution in [0.25, 0.3) is 0 Å². The van der Waals surface area contributed by atoms with Crippen molar-refractivity contribution in [3.8, 4) is 0 Å². The predicted molar refractivity (Wildman–Crippen MR) is 66.3 cm³/mol. The SMILES string of the molecule is CC(CCC(=O)O)Sc1ccc(Br)cc1. The Balaban J connectivity index is 2.40. The van der Waals surface area contributed by atoms with Gasteiger partial charge in [-0.1, -0.05) is 22.9 Å². The maximum atomic E-state index is 10.4. The molecule has 0 aliphatic carbocycles. The van der Waals surface area contributed by atoms with E-state index in [0.717, 1.165) is 4.47 Å². The number of carbonyl (C=O) groups is 1. The van der Waals surface area contributed by atoms with Crippen molar-refractivity contribution < 1.29 is 9.90 Å². The van der Waals surface area contributed by atoms with E-state index in [9.17, 15) is 4.79 Å². The lowest BCUT2D eigenvalue weighted by atomic mass is 10.2. The van der Waals surface area contributed by atoms with E-state index in [0.29, 0.717) is 11.7 Å². The van der Waals surface area contributed by atoms with Gasteiger partial charge in [0, 0.05) is 21.0 Å². The quantitative estimate of drug-likeness (QED) is 0.838. The summed E-state index contributed by atoms with van der Waals surface area (Å²) in [5.41, 5.74) is 0. The molecule has 4 heteroatoms. The second kappa shape index (κ2) is 6.18. The molecule has 0 saturated carbocycles. The van der Waals surface area contributed by atoms with Gasteiger partial charge < -0.3 is 5.11 Å². The van der Waals surface area contributed by atoms with E-state index in [1.807, 2.05) is 24.3 Å². The third-order valence-corrected chi connectivity index (χ3v) is 3.63. The Morgan fingerprint density at radius 3 is 2.60 bits per heavy atom. The fourth-order valence-corrected chi connectivity index (χ4v) is 2.39. The van der Waals surface area contributed by atoms with E-state index in [4.69, 9.17) is 5.11 Å². The Morgan fingerprint density at radius 1 is 1.47 bits per heavy atom. The van der Waals surface area contributed by atoms with Gasteiger partial charge in [0.15, 0.2) is 0 Å². The Morgan fingerprint density at radius 2 is 2.07 bits per heavy atom. The zero-order valence-electron chi connectivity index (χ0n) is 8.44. The molecule has 0 aromatic heterocycles. The van der Waals surface area contributed by atoms with Crippen molar-refractivity contribution in [2.24, 2.45) is 0 Å². The molecular weight excluding hydrogens is 276 g/mol. The number of rotatable bonds is 5. The van der Waals surface area contributed by atoms with Crippen LogP contribution in [0.4, 0.5) is 0 Å². The number of aliphatic carboxylic acids is 1. The van der Waals surface area contributed by atoms with E-state index in [1.54, 1.807) is 11.8 Å². The molecule has 0 fully saturated rings. The van der Waals surface area contributed by atoms with E-state index >= 15 is 0 Å². The standard InChI is InChI=1S/C11H13BrO2S/c1-8(2-7-11(13)14)15-10-5-3-9(12)4-6-10/h3-6,8H,2,7H2,1H3,(H,13,14). The molecule has 0 bridgehead atoms. The van der Waals surface area contributed by atoms with Gasteiger partial charge in [0.2, 0.25) is 0 Å². The molecule has 1 rings (SSSR count). The van der Waals surface area contributed by atoms with Crippen molar-refractivity contribution in [1.29, 1.82) is 0 Å². The van der Waals surface area contributed by atoms with Gasteiger partial charge in [0.1, 0.15) is 0 Å². The molecule has 2 nitrogen and oxygen atoms in total. The van der Waals surface area contributed by atoms with E-state index in [2.05, 4.69) is 22.9 Å². The molecule has 1 atom stereocenters. The van der Waals surface area contributed by atoms with Gasteiger partial charge in [-0.25, -0.2) is 0 Å². The summed E-state index contributed by atoms with van der Waals surface area (Å²) in [6.45, 7) is 2.05. The van der Waals surface area contributed by atoms with Crippen LogP contribution in [0.15, 0.2) is 33.6 Å². The Hall–Kier alpha value is -0.480. The molecule has 0 saturated heterocycles. The highest BCUT2D eigenvalue weighted by Crippen LogP contribution is 2.26. The second-order valence-corrected chi connectivity index (χ2v) is 5.74. The van der Waals surface area contributed by atoms with Crippen molar-refractivity contribution in [1.82, 2.24) is 0 Å². The van der Waals surface area contributed by atoms with Gasteiger partial charge in [0.25, 0.3) is 0 Å². The first kappa shape index (κ1) is 12.6. The smallest absolute Gasteiger partial charge is 0.303 e. The summed E-state index contributed by atoms with van der Waals surface area (Å²) >= 11 is 5.08. The molecule has 82 valence electrons. The fourth-order valence-electron chi connectivity index (χ4n) is 1.13. The molecular formula is C11H13BrO2S. The highest BCUT2D eigenvalue weighted by Gasteiger charge is 2.06. The van der Waals surface area contributed by atoms with Crippen LogP contribution in [-0.4, -0.2) is 16.3 Å². The van der Waals surface area contributed by atoms with Crippen LogP contribution in [0, 0.1) is 0 Å². The first-order valence-corrected chi connectivity index (χ1v) is 6.39. The molecule has 1 aromatic carbocycles. The van der Waals surface area contributed by atoms with Crippen molar-refractivity contribution in [2.45, 2.75) is 29.9 Å². The van der Waals surface area contributed by atoms with Crippen molar-refractivity contribution in [3.05, 3.63) is 28.7 Å². The van der Waals surface area contributed by atoms with Crippen LogP contribution in [0.5, 0.6) is 0 Å². The van der Waals surface area contributed by atoms with Crippen LogP contribution in [-0.2, 0) is 4.79 Å². The summed E-state index contributed by atoms with van der Waals surface area (Å²) < 4.78 is 1.06. The highest BCUT2D eigenvalue weighted by atomic mass is 79.9. The van der Waals surface area contributed by atoms with Crippen LogP contribution >= 0.6 is 27.7 Å². The molecule has 0 aliphatic heterocycles. The average Bonchev–Trinajstić information content (AvgIpc) is 2.19.